The topological polar surface area (TPSA) is 114 Å². The van der Waals surface area contributed by atoms with Crippen LogP contribution >= 0.6 is 0 Å². The van der Waals surface area contributed by atoms with Crippen molar-refractivity contribution >= 4 is 18.0 Å². The van der Waals surface area contributed by atoms with E-state index in [4.69, 9.17) is 14.6 Å². The van der Waals surface area contributed by atoms with Gasteiger partial charge in [-0.05, 0) is 54.4 Å². The van der Waals surface area contributed by atoms with Crippen molar-refractivity contribution in [1.82, 2.24) is 10.6 Å². The molecule has 2 atom stereocenters. The lowest BCUT2D eigenvalue weighted by Gasteiger charge is -2.37. The summed E-state index contributed by atoms with van der Waals surface area (Å²) < 4.78 is 11.4. The second-order valence-electron chi connectivity index (χ2n) is 9.71. The number of aliphatic carboxylic acids is 1. The van der Waals surface area contributed by atoms with Crippen LogP contribution in [0, 0.1) is 0 Å². The monoisotopic (exact) mass is 478 g/mol. The zero-order valence-electron chi connectivity index (χ0n) is 19.5. The van der Waals surface area contributed by atoms with Gasteiger partial charge >= 0.3 is 12.1 Å². The fourth-order valence-electron chi connectivity index (χ4n) is 5.48. The molecule has 2 aromatic rings. The molecule has 8 heteroatoms. The molecule has 5 rings (SSSR count). The number of hydrogen-bond acceptors (Lipinski definition) is 5. The number of benzene rings is 2. The van der Waals surface area contributed by atoms with Gasteiger partial charge in [-0.2, -0.15) is 0 Å². The molecule has 1 heterocycles. The summed E-state index contributed by atoms with van der Waals surface area (Å²) in [5.41, 5.74) is 4.31. The number of carbonyl (C=O) groups is 3. The summed E-state index contributed by atoms with van der Waals surface area (Å²) >= 11 is 0. The molecular formula is C27H30N2O6. The van der Waals surface area contributed by atoms with Crippen molar-refractivity contribution in [2.24, 2.45) is 0 Å². The summed E-state index contributed by atoms with van der Waals surface area (Å²) in [5.74, 6) is -1.55. The van der Waals surface area contributed by atoms with E-state index in [1.165, 1.54) is 0 Å². The first-order chi connectivity index (χ1) is 16.9. The highest BCUT2D eigenvalue weighted by atomic mass is 16.5. The van der Waals surface area contributed by atoms with Crippen molar-refractivity contribution in [2.75, 3.05) is 13.2 Å². The first-order valence-corrected chi connectivity index (χ1v) is 12.2. The molecule has 2 unspecified atom stereocenters. The number of alkyl carbamates (subject to hydrolysis) is 1. The SMILES string of the molecule is O=C(O)CCC(NC(=O)OCC1c2ccccc2-c2ccccc21)C(=O)NC1COC2(CCC2)C1. The van der Waals surface area contributed by atoms with Crippen molar-refractivity contribution in [3.63, 3.8) is 0 Å². The Labute approximate surface area is 204 Å². The molecule has 8 nitrogen and oxygen atoms in total. The molecule has 0 radical (unpaired) electrons. The van der Waals surface area contributed by atoms with Crippen LogP contribution in [0.25, 0.3) is 11.1 Å². The minimum Gasteiger partial charge on any atom is -0.481 e. The quantitative estimate of drug-likeness (QED) is 0.534. The maximum absolute atomic E-state index is 12.9. The Morgan fingerprint density at radius 3 is 2.29 bits per heavy atom. The predicted molar refractivity (Wildman–Crippen MR) is 128 cm³/mol. The standard InChI is InChI=1S/C27H30N2O6/c30-24(31)11-10-23(25(32)28-17-14-27(35-15-17)12-5-13-27)29-26(33)34-16-22-20-8-3-1-6-18(20)19-7-2-4-9-21(19)22/h1-4,6-9,17,22-23H,5,10-16H2,(H,28,32)(H,29,33)(H,30,31). The summed E-state index contributed by atoms with van der Waals surface area (Å²) in [6.45, 7) is 0.550. The van der Waals surface area contributed by atoms with Gasteiger partial charge in [-0.25, -0.2) is 4.79 Å². The number of ether oxygens (including phenoxy) is 2. The van der Waals surface area contributed by atoms with Gasteiger partial charge in [-0.3, -0.25) is 9.59 Å². The van der Waals surface area contributed by atoms with Crippen LogP contribution in [-0.2, 0) is 19.1 Å². The third-order valence-corrected chi connectivity index (χ3v) is 7.42. The molecular weight excluding hydrogens is 448 g/mol. The van der Waals surface area contributed by atoms with Crippen molar-refractivity contribution in [3.8, 4) is 11.1 Å². The Morgan fingerprint density at radius 1 is 1.06 bits per heavy atom. The zero-order valence-corrected chi connectivity index (χ0v) is 19.5. The summed E-state index contributed by atoms with van der Waals surface area (Å²) in [7, 11) is 0. The van der Waals surface area contributed by atoms with E-state index in [2.05, 4.69) is 22.8 Å². The fraction of sp³-hybridized carbons (Fsp3) is 0.444. The normalized spacial score (nSPS) is 20.4. The van der Waals surface area contributed by atoms with E-state index in [-0.39, 0.29) is 37.0 Å². The average Bonchev–Trinajstić information content (AvgIpc) is 3.40. The molecule has 2 amide bonds. The van der Waals surface area contributed by atoms with Crippen molar-refractivity contribution < 1.29 is 29.0 Å². The predicted octanol–water partition coefficient (Wildman–Crippen LogP) is 3.59. The molecule has 0 aromatic heterocycles. The number of amides is 2. The van der Waals surface area contributed by atoms with Crippen LogP contribution in [-0.4, -0.2) is 54.0 Å². The summed E-state index contributed by atoms with van der Waals surface area (Å²) in [6.07, 6.45) is 2.87. The first-order valence-electron chi connectivity index (χ1n) is 12.2. The highest BCUT2D eigenvalue weighted by molar-refractivity contribution is 5.86. The number of carboxylic acids is 1. The van der Waals surface area contributed by atoms with E-state index >= 15 is 0 Å². The Balaban J connectivity index is 1.20. The zero-order chi connectivity index (χ0) is 24.4. The van der Waals surface area contributed by atoms with Crippen LogP contribution in [0.4, 0.5) is 4.79 Å². The maximum atomic E-state index is 12.9. The maximum Gasteiger partial charge on any atom is 0.407 e. The number of rotatable bonds is 8. The number of carbonyl (C=O) groups excluding carboxylic acids is 2. The van der Waals surface area contributed by atoms with Gasteiger partial charge in [0.15, 0.2) is 0 Å². The minimum absolute atomic E-state index is 0.0237. The molecule has 3 N–H and O–H groups in total. The van der Waals surface area contributed by atoms with Crippen molar-refractivity contribution in [1.29, 1.82) is 0 Å². The fourth-order valence-corrected chi connectivity index (χ4v) is 5.48. The van der Waals surface area contributed by atoms with Gasteiger partial charge in [0.25, 0.3) is 0 Å². The molecule has 184 valence electrons. The highest BCUT2D eigenvalue weighted by Crippen LogP contribution is 2.45. The summed E-state index contributed by atoms with van der Waals surface area (Å²) in [4.78, 5) is 36.7. The summed E-state index contributed by atoms with van der Waals surface area (Å²) in [5, 5.41) is 14.6. The van der Waals surface area contributed by atoms with E-state index < -0.39 is 24.0 Å². The van der Waals surface area contributed by atoms with Crippen LogP contribution in [0.1, 0.15) is 55.6 Å². The third-order valence-electron chi connectivity index (χ3n) is 7.42. The molecule has 1 saturated heterocycles. The van der Waals surface area contributed by atoms with Crippen LogP contribution in [0.5, 0.6) is 0 Å². The molecule has 2 aromatic carbocycles. The number of nitrogens with one attached hydrogen (secondary N) is 2. The number of hydrogen-bond donors (Lipinski definition) is 3. The molecule has 1 spiro atoms. The van der Waals surface area contributed by atoms with Gasteiger partial charge in [0, 0.05) is 12.3 Å². The van der Waals surface area contributed by atoms with Gasteiger partial charge in [0.2, 0.25) is 5.91 Å². The first kappa shape index (κ1) is 23.4. The van der Waals surface area contributed by atoms with Gasteiger partial charge in [0.1, 0.15) is 12.6 Å². The Kier molecular flexibility index (Phi) is 6.47. The number of carboxylic acid groups (broad SMARTS) is 1. The molecule has 3 aliphatic rings. The smallest absolute Gasteiger partial charge is 0.407 e. The molecule has 0 bridgehead atoms. The third kappa shape index (κ3) is 4.89. The van der Waals surface area contributed by atoms with Crippen LogP contribution in [0.2, 0.25) is 0 Å². The lowest BCUT2D eigenvalue weighted by molar-refractivity contribution is -0.137. The Bertz CT molecular complexity index is 1080. The van der Waals surface area contributed by atoms with E-state index in [0.717, 1.165) is 47.9 Å². The Morgan fingerprint density at radius 2 is 1.71 bits per heavy atom. The van der Waals surface area contributed by atoms with Gasteiger partial charge < -0.3 is 25.2 Å². The van der Waals surface area contributed by atoms with E-state index in [0.29, 0.717) is 6.61 Å². The van der Waals surface area contributed by atoms with E-state index in [9.17, 15) is 14.4 Å². The van der Waals surface area contributed by atoms with Gasteiger partial charge in [-0.15, -0.1) is 0 Å². The van der Waals surface area contributed by atoms with Gasteiger partial charge in [-0.1, -0.05) is 48.5 Å². The second-order valence-corrected chi connectivity index (χ2v) is 9.71. The van der Waals surface area contributed by atoms with Gasteiger partial charge in [0.05, 0.1) is 18.2 Å². The van der Waals surface area contributed by atoms with Crippen molar-refractivity contribution in [2.45, 2.75) is 62.1 Å². The van der Waals surface area contributed by atoms with Crippen LogP contribution in [0.15, 0.2) is 48.5 Å². The second kappa shape index (κ2) is 9.70. The highest BCUT2D eigenvalue weighted by Gasteiger charge is 2.45. The lowest BCUT2D eigenvalue weighted by atomic mass is 9.77. The lowest BCUT2D eigenvalue weighted by Crippen LogP contribution is -2.50. The van der Waals surface area contributed by atoms with Crippen molar-refractivity contribution in [3.05, 3.63) is 59.7 Å². The number of fused-ring (bicyclic) bond motifs is 3. The molecule has 2 fully saturated rings. The molecule has 2 aliphatic carbocycles. The average molecular weight is 479 g/mol. The van der Waals surface area contributed by atoms with E-state index in [1.54, 1.807) is 0 Å². The molecule has 1 aliphatic heterocycles. The van der Waals surface area contributed by atoms with Crippen LogP contribution < -0.4 is 10.6 Å². The Hall–Kier alpha value is -3.39. The molecule has 1 saturated carbocycles. The molecule has 35 heavy (non-hydrogen) atoms. The van der Waals surface area contributed by atoms with E-state index in [1.807, 2.05) is 36.4 Å². The van der Waals surface area contributed by atoms with Crippen LogP contribution in [0.3, 0.4) is 0 Å². The minimum atomic E-state index is -1.03. The summed E-state index contributed by atoms with van der Waals surface area (Å²) in [6, 6.07) is 14.9. The largest absolute Gasteiger partial charge is 0.481 e.